The molecule has 7 rings (SSSR count). The van der Waals surface area contributed by atoms with Crippen molar-refractivity contribution in [3.05, 3.63) is 113 Å². The highest BCUT2D eigenvalue weighted by atomic mass is 79.9. The highest BCUT2D eigenvalue weighted by Crippen LogP contribution is 2.46. The number of rotatable bonds is 21. The third-order valence-electron chi connectivity index (χ3n) is 16.2. The number of nitro groups is 4. The fraction of sp³-hybridized carbons (Fsp3) is 0.545. The number of aldehydes is 1. The Bertz CT molecular complexity index is 3080. The normalized spacial score (nSPS) is 14.8. The number of nitro benzene ring substituents is 4. The van der Waals surface area contributed by atoms with Gasteiger partial charge >= 0.3 is 22.7 Å². The summed E-state index contributed by atoms with van der Waals surface area (Å²) >= 11 is 2.96. The van der Waals surface area contributed by atoms with Gasteiger partial charge in [0, 0.05) is 66.3 Å². The molecular formula is C66H93BrN8O18. The number of benzene rings is 4. The lowest BCUT2D eigenvalue weighted by Crippen LogP contribution is -2.28. The molecule has 26 nitrogen and oxygen atoms in total. The van der Waals surface area contributed by atoms with Crippen molar-refractivity contribution in [3.63, 3.8) is 0 Å². The highest BCUT2D eigenvalue weighted by molar-refractivity contribution is 9.09. The first kappa shape index (κ1) is 77.3. The molecule has 512 valence electrons. The lowest BCUT2D eigenvalue weighted by molar-refractivity contribution is -0.386. The molecular weight excluding hydrogens is 1270 g/mol. The molecule has 0 aliphatic carbocycles. The molecule has 93 heavy (non-hydrogen) atoms. The first-order valence-electron chi connectivity index (χ1n) is 31.9. The Morgan fingerprint density at radius 1 is 0.484 bits per heavy atom. The van der Waals surface area contributed by atoms with Gasteiger partial charge in [-0.25, -0.2) is 0 Å². The van der Waals surface area contributed by atoms with Crippen molar-refractivity contribution in [2.24, 2.45) is 5.73 Å². The summed E-state index contributed by atoms with van der Waals surface area (Å²) in [5.41, 5.74) is 5.94. The van der Waals surface area contributed by atoms with Crippen molar-refractivity contribution in [2.75, 3.05) is 79.6 Å². The number of nitrogens with zero attached hydrogens (tertiary/aromatic N) is 7. The van der Waals surface area contributed by atoms with Crippen LogP contribution in [-0.4, -0.2) is 146 Å². The fourth-order valence-electron chi connectivity index (χ4n) is 11.1. The Kier molecular flexibility index (Phi) is 35.0. The maximum Gasteiger partial charge on any atom is 0.315 e. The second kappa shape index (κ2) is 42.2. The van der Waals surface area contributed by atoms with E-state index in [1.165, 1.54) is 219 Å². The Morgan fingerprint density at radius 3 is 1.14 bits per heavy atom. The van der Waals surface area contributed by atoms with Crippen LogP contribution in [0, 0.1) is 40.5 Å². The number of alkyl halides is 1. The largest absolute Gasteiger partial charge is 0.500 e. The molecule has 0 unspecified atom stereocenters. The summed E-state index contributed by atoms with van der Waals surface area (Å²) in [5, 5.41) is 84.3. The number of halogens is 1. The molecule has 2 aliphatic heterocycles. The number of carbonyl (C=O) groups is 2. The maximum absolute atomic E-state index is 11.8. The smallest absolute Gasteiger partial charge is 0.315 e. The first-order chi connectivity index (χ1) is 44.8. The van der Waals surface area contributed by atoms with E-state index in [1.807, 2.05) is 17.0 Å². The Labute approximate surface area is 551 Å². The number of phenols is 4. The van der Waals surface area contributed by atoms with E-state index < -0.39 is 65.4 Å². The second-order valence-corrected chi connectivity index (χ2v) is 23.4. The van der Waals surface area contributed by atoms with E-state index in [-0.39, 0.29) is 46.1 Å². The summed E-state index contributed by atoms with van der Waals surface area (Å²) in [6.45, 7) is 8.41. The summed E-state index contributed by atoms with van der Waals surface area (Å²) in [6, 6.07) is 10.3. The minimum absolute atomic E-state index is 0.0129. The zero-order valence-corrected chi connectivity index (χ0v) is 55.7. The number of methoxy groups -OCH3 is 4. The number of aromatic nitrogens is 1. The van der Waals surface area contributed by atoms with Gasteiger partial charge in [-0.05, 0) is 125 Å². The third-order valence-corrected chi connectivity index (χ3v) is 16.7. The zero-order chi connectivity index (χ0) is 68.2. The van der Waals surface area contributed by atoms with Crippen molar-refractivity contribution in [1.29, 1.82) is 0 Å². The maximum atomic E-state index is 11.8. The fourth-order valence-corrected chi connectivity index (χ4v) is 11.4. The lowest BCUT2D eigenvalue weighted by Gasteiger charge is -2.22. The number of aryl methyl sites for hydroxylation is 1. The number of phenolic OH excluding ortho intramolecular Hbond substituents is 4. The average molecular weight is 1370 g/mol. The van der Waals surface area contributed by atoms with Crippen LogP contribution in [0.1, 0.15) is 157 Å². The Hall–Kier alpha value is -8.14. The topological polar surface area (TPSA) is 362 Å². The highest BCUT2D eigenvalue weighted by Gasteiger charge is 2.27. The van der Waals surface area contributed by atoms with Crippen LogP contribution in [0.15, 0.2) is 60.9 Å². The lowest BCUT2D eigenvalue weighted by atomic mass is 9.97. The molecule has 6 N–H and O–H groups in total. The molecule has 2 fully saturated rings. The van der Waals surface area contributed by atoms with E-state index in [9.17, 15) is 70.5 Å². The Balaban J connectivity index is 0.000000312. The standard InChI is InChI=1S/C33H44N4O8.C15H32N2.C9H8BrNO5.C9H9NO5/c1-44-30-20-24(18-28(32(30)38)36(40)41)26-22-35(23-27(26)25-19-29(37(42)43)33(39)31(21-25)45-2)17-13-16-34-14-11-9-7-5-3-4-6-8-10-12-15-34;16-12-11-15-17-13-9-7-5-3-1-2-4-6-8-10-14-17;1-16-8-3-5(7(12)4-10)2-6(9(8)13)11(14)15;1-15-8-5-6(2-3-11)4-7(9(8)12)10(13)14/h18-23,38-39H,3-17H2,1-2H3;1-16H2;2-3,13H,4H2,1H3;3-5,12H,2H2,1H3. The van der Waals surface area contributed by atoms with Gasteiger partial charge < -0.3 is 64.3 Å². The van der Waals surface area contributed by atoms with Crippen molar-refractivity contribution in [3.8, 4) is 68.2 Å². The minimum Gasteiger partial charge on any atom is -0.500 e. The van der Waals surface area contributed by atoms with Crippen molar-refractivity contribution in [1.82, 2.24) is 14.4 Å². The van der Waals surface area contributed by atoms with Gasteiger partial charge in [0.15, 0.2) is 28.8 Å². The SMILES string of the molecule is COc1cc(-c2cn(CCCN3CCCCCCCCCCCC3)cc2-c2cc(OC)c(O)c([N+](=O)[O-])c2)cc([N+](=O)[O-])c1O.COc1cc(C(=O)CBr)cc([N+](=O)[O-])c1O.COc1cc(CC=O)cc([N+](=O)[O-])c1O.NCCCN1CCCCCCCCCCCC1. The van der Waals surface area contributed by atoms with Crippen LogP contribution in [0.4, 0.5) is 22.7 Å². The van der Waals surface area contributed by atoms with Crippen molar-refractivity contribution in [2.45, 2.75) is 154 Å². The van der Waals surface area contributed by atoms with E-state index in [0.717, 1.165) is 44.7 Å². The molecule has 27 heteroatoms. The third kappa shape index (κ3) is 25.4. The molecule has 5 aromatic rings. The number of hydrogen-bond acceptors (Lipinski definition) is 21. The van der Waals surface area contributed by atoms with Gasteiger partial charge in [0.1, 0.15) is 6.29 Å². The number of ether oxygens (including phenoxy) is 4. The van der Waals surface area contributed by atoms with Crippen LogP contribution >= 0.6 is 15.9 Å². The summed E-state index contributed by atoms with van der Waals surface area (Å²) in [4.78, 5) is 68.6. The molecule has 0 bridgehead atoms. The van der Waals surface area contributed by atoms with E-state index in [0.29, 0.717) is 40.6 Å². The van der Waals surface area contributed by atoms with E-state index in [1.54, 1.807) is 0 Å². The van der Waals surface area contributed by atoms with Crippen LogP contribution in [-0.2, 0) is 17.8 Å². The molecule has 0 radical (unpaired) electrons. The van der Waals surface area contributed by atoms with Gasteiger partial charge in [0.2, 0.25) is 23.0 Å². The zero-order valence-electron chi connectivity index (χ0n) is 54.1. The van der Waals surface area contributed by atoms with E-state index >= 15 is 0 Å². The van der Waals surface area contributed by atoms with Gasteiger partial charge in [-0.3, -0.25) is 45.3 Å². The molecule has 3 heterocycles. The van der Waals surface area contributed by atoms with Gasteiger partial charge in [-0.1, -0.05) is 119 Å². The minimum atomic E-state index is -0.775. The Morgan fingerprint density at radius 2 is 0.806 bits per heavy atom. The predicted octanol–water partition coefficient (Wildman–Crippen LogP) is 14.2. The van der Waals surface area contributed by atoms with Gasteiger partial charge in [-0.15, -0.1) is 0 Å². The van der Waals surface area contributed by atoms with Crippen LogP contribution in [0.25, 0.3) is 22.3 Å². The molecule has 4 aromatic carbocycles. The van der Waals surface area contributed by atoms with E-state index in [4.69, 9.17) is 24.7 Å². The molecule has 0 saturated carbocycles. The number of aromatic hydroxyl groups is 4. The van der Waals surface area contributed by atoms with E-state index in [2.05, 4.69) is 25.7 Å². The summed E-state index contributed by atoms with van der Waals surface area (Å²) in [7, 11) is 5.15. The second-order valence-electron chi connectivity index (χ2n) is 22.8. The number of Topliss-reactive ketones (excluding diaryl/α,β-unsaturated/α-hetero) is 1. The van der Waals surface area contributed by atoms with Crippen LogP contribution in [0.5, 0.6) is 46.0 Å². The summed E-state index contributed by atoms with van der Waals surface area (Å²) in [6.07, 6.45) is 33.6. The van der Waals surface area contributed by atoms with Crippen molar-refractivity contribution >= 4 is 50.7 Å². The van der Waals surface area contributed by atoms with Gasteiger partial charge in [0.05, 0.1) is 53.5 Å². The van der Waals surface area contributed by atoms with Gasteiger partial charge in [0.25, 0.3) is 0 Å². The molecule has 2 saturated heterocycles. The number of hydrogen-bond donors (Lipinski definition) is 5. The number of nitrogens with two attached hydrogens (primary N) is 1. The molecule has 2 aliphatic rings. The summed E-state index contributed by atoms with van der Waals surface area (Å²) in [5.74, 6) is -2.88. The van der Waals surface area contributed by atoms with Crippen LogP contribution in [0.3, 0.4) is 0 Å². The predicted molar refractivity (Wildman–Crippen MR) is 359 cm³/mol. The monoisotopic (exact) mass is 1360 g/mol. The first-order valence-corrected chi connectivity index (χ1v) is 33.0. The molecule has 1 aromatic heterocycles. The summed E-state index contributed by atoms with van der Waals surface area (Å²) < 4.78 is 21.9. The molecule has 0 spiro atoms. The number of carbonyl (C=O) groups excluding carboxylic acids is 2. The number of ketones is 1. The van der Waals surface area contributed by atoms with Gasteiger partial charge in [-0.2, -0.15) is 0 Å². The molecule has 0 atom stereocenters. The van der Waals surface area contributed by atoms with Crippen LogP contribution in [0.2, 0.25) is 0 Å². The quantitative estimate of drug-likeness (QED) is 0.0150. The van der Waals surface area contributed by atoms with Crippen molar-refractivity contribution < 1.29 is 68.7 Å². The van der Waals surface area contributed by atoms with Crippen LogP contribution < -0.4 is 24.7 Å². The average Bonchev–Trinajstić information content (AvgIpc) is 1.72. The molecule has 0 amide bonds.